The lowest BCUT2D eigenvalue weighted by Gasteiger charge is -2.33. The number of halogens is 2. The number of amidine groups is 1. The molecule has 1 aromatic rings. The Balaban J connectivity index is 2.12. The van der Waals surface area contributed by atoms with Crippen LogP contribution in [0.25, 0.3) is 0 Å². The van der Waals surface area contributed by atoms with E-state index in [-0.39, 0.29) is 11.2 Å². The van der Waals surface area contributed by atoms with Gasteiger partial charge in [0, 0.05) is 12.3 Å². The fraction of sp³-hybridized carbons (Fsp3) is 0.500. The molecule has 1 heterocycles. The highest BCUT2D eigenvalue weighted by Gasteiger charge is 2.30. The minimum atomic E-state index is -0.349. The van der Waals surface area contributed by atoms with Crippen LogP contribution in [0, 0.1) is 11.2 Å². The van der Waals surface area contributed by atoms with Gasteiger partial charge in [0.2, 0.25) is 0 Å². The van der Waals surface area contributed by atoms with Crippen LogP contribution in [0.4, 0.5) is 10.1 Å². The van der Waals surface area contributed by atoms with Gasteiger partial charge in [-0.15, -0.1) is 0 Å². The molecule has 0 amide bonds. The molecule has 0 fully saturated rings. The molecule has 1 aromatic carbocycles. The molecule has 19 heavy (non-hydrogen) atoms. The normalized spacial score (nSPS) is 18.0. The molecule has 0 radical (unpaired) electrons. The van der Waals surface area contributed by atoms with Crippen molar-refractivity contribution in [2.45, 2.75) is 26.7 Å². The topological polar surface area (TPSA) is 24.4 Å². The predicted molar refractivity (Wildman–Crippen MR) is 82.8 cm³/mol. The van der Waals surface area contributed by atoms with Crippen LogP contribution in [0.3, 0.4) is 0 Å². The summed E-state index contributed by atoms with van der Waals surface area (Å²) >= 11 is 7.64. The number of anilines is 1. The van der Waals surface area contributed by atoms with Crippen LogP contribution >= 0.6 is 23.4 Å². The Kier molecular flexibility index (Phi) is 4.74. The van der Waals surface area contributed by atoms with E-state index in [4.69, 9.17) is 11.6 Å². The molecule has 5 heteroatoms. The smallest absolute Gasteiger partial charge is 0.161 e. The molecule has 1 aliphatic heterocycles. The van der Waals surface area contributed by atoms with Crippen LogP contribution < -0.4 is 5.32 Å². The van der Waals surface area contributed by atoms with Crippen LogP contribution in [0.1, 0.15) is 26.7 Å². The van der Waals surface area contributed by atoms with Crippen LogP contribution in [0.2, 0.25) is 5.02 Å². The Bertz CT molecular complexity index is 466. The van der Waals surface area contributed by atoms with Gasteiger partial charge in [0.25, 0.3) is 0 Å². The first-order valence-electron chi connectivity index (χ1n) is 6.48. The first-order valence-corrected chi connectivity index (χ1v) is 7.85. The fourth-order valence-corrected chi connectivity index (χ4v) is 3.51. The zero-order chi connectivity index (χ0) is 13.9. The summed E-state index contributed by atoms with van der Waals surface area (Å²) in [7, 11) is 0. The number of nitrogens with zero attached hydrogens (tertiary/aromatic N) is 1. The number of rotatable bonds is 3. The zero-order valence-electron chi connectivity index (χ0n) is 11.2. The van der Waals surface area contributed by atoms with Crippen LogP contribution in [-0.2, 0) is 0 Å². The Morgan fingerprint density at radius 1 is 1.42 bits per heavy atom. The Labute approximate surface area is 122 Å². The van der Waals surface area contributed by atoms with Gasteiger partial charge < -0.3 is 5.32 Å². The molecule has 1 N–H and O–H groups in total. The van der Waals surface area contributed by atoms with Crippen LogP contribution in [0.15, 0.2) is 23.2 Å². The van der Waals surface area contributed by atoms with E-state index in [0.29, 0.717) is 10.7 Å². The maximum absolute atomic E-state index is 13.7. The number of para-hydroxylation sites is 1. The predicted octanol–water partition coefficient (Wildman–Crippen LogP) is 4.80. The molecule has 2 nitrogen and oxygen atoms in total. The number of aliphatic imine (C=N–C) groups is 1. The van der Waals surface area contributed by atoms with Gasteiger partial charge in [0.05, 0.1) is 10.7 Å². The minimum absolute atomic E-state index is 0.287. The molecule has 0 atom stereocenters. The van der Waals surface area contributed by atoms with Gasteiger partial charge in [-0.3, -0.25) is 4.99 Å². The van der Waals surface area contributed by atoms with E-state index in [0.717, 1.165) is 30.3 Å². The molecule has 0 saturated carbocycles. The number of hydrogen-bond donors (Lipinski definition) is 1. The van der Waals surface area contributed by atoms with E-state index in [2.05, 4.69) is 24.2 Å². The van der Waals surface area contributed by atoms with E-state index < -0.39 is 0 Å². The number of thioether (sulfide) groups is 1. The summed E-state index contributed by atoms with van der Waals surface area (Å²) in [6, 6.07) is 4.66. The highest BCUT2D eigenvalue weighted by molar-refractivity contribution is 8.14. The molecule has 1 aliphatic rings. The second kappa shape index (κ2) is 6.14. The molecule has 0 aliphatic carbocycles. The molecular weight excluding hydrogens is 283 g/mol. The van der Waals surface area contributed by atoms with Crippen molar-refractivity contribution in [3.8, 4) is 0 Å². The summed E-state index contributed by atoms with van der Waals surface area (Å²) in [5.74, 6) is 0.663. The lowest BCUT2D eigenvalue weighted by atomic mass is 9.84. The molecular formula is C14H18ClFN2S. The molecule has 0 spiro atoms. The number of hydrogen-bond acceptors (Lipinski definition) is 3. The van der Waals surface area contributed by atoms with E-state index in [1.807, 2.05) is 0 Å². The average molecular weight is 301 g/mol. The van der Waals surface area contributed by atoms with Gasteiger partial charge in [-0.25, -0.2) is 4.39 Å². The first kappa shape index (κ1) is 14.7. The largest absolute Gasteiger partial charge is 0.331 e. The third-order valence-corrected chi connectivity index (χ3v) is 5.34. The van der Waals surface area contributed by atoms with Crippen molar-refractivity contribution in [1.82, 2.24) is 0 Å². The van der Waals surface area contributed by atoms with Crippen molar-refractivity contribution in [1.29, 1.82) is 0 Å². The van der Waals surface area contributed by atoms with Crippen molar-refractivity contribution >= 4 is 34.2 Å². The van der Waals surface area contributed by atoms with E-state index in [1.54, 1.807) is 23.9 Å². The number of benzene rings is 1. The van der Waals surface area contributed by atoms with E-state index in [1.165, 1.54) is 6.07 Å². The quantitative estimate of drug-likeness (QED) is 0.867. The Morgan fingerprint density at radius 2 is 2.16 bits per heavy atom. The minimum Gasteiger partial charge on any atom is -0.331 e. The van der Waals surface area contributed by atoms with Crippen LogP contribution in [-0.4, -0.2) is 17.5 Å². The highest BCUT2D eigenvalue weighted by atomic mass is 35.5. The van der Waals surface area contributed by atoms with Gasteiger partial charge in [0.1, 0.15) is 5.82 Å². The van der Waals surface area contributed by atoms with Crippen LogP contribution in [0.5, 0.6) is 0 Å². The van der Waals surface area contributed by atoms with Crippen molar-refractivity contribution in [3.05, 3.63) is 29.0 Å². The second-order valence-corrected chi connectivity index (χ2v) is 6.21. The van der Waals surface area contributed by atoms with E-state index in [9.17, 15) is 4.39 Å². The van der Waals surface area contributed by atoms with Gasteiger partial charge in [-0.2, -0.15) is 0 Å². The summed E-state index contributed by atoms with van der Waals surface area (Å²) in [4.78, 5) is 4.55. The van der Waals surface area contributed by atoms with E-state index >= 15 is 0 Å². The van der Waals surface area contributed by atoms with Gasteiger partial charge in [-0.05, 0) is 30.4 Å². The summed E-state index contributed by atoms with van der Waals surface area (Å²) in [5.41, 5.74) is 0.602. The Morgan fingerprint density at radius 3 is 2.68 bits per heavy atom. The third-order valence-electron chi connectivity index (χ3n) is 3.77. The molecule has 2 rings (SSSR count). The monoisotopic (exact) mass is 300 g/mol. The summed E-state index contributed by atoms with van der Waals surface area (Å²) in [6.45, 7) is 5.19. The zero-order valence-corrected chi connectivity index (χ0v) is 12.7. The van der Waals surface area contributed by atoms with Gasteiger partial charge >= 0.3 is 0 Å². The molecule has 0 unspecified atom stereocenters. The lowest BCUT2D eigenvalue weighted by molar-refractivity contribution is 0.318. The van der Waals surface area contributed by atoms with Crippen molar-refractivity contribution in [2.75, 3.05) is 17.6 Å². The molecule has 0 bridgehead atoms. The maximum atomic E-state index is 13.7. The average Bonchev–Trinajstić information content (AvgIpc) is 2.44. The van der Waals surface area contributed by atoms with Gasteiger partial charge in [0.15, 0.2) is 5.17 Å². The summed E-state index contributed by atoms with van der Waals surface area (Å²) < 4.78 is 13.7. The highest BCUT2D eigenvalue weighted by Crippen LogP contribution is 2.36. The van der Waals surface area contributed by atoms with Crippen molar-refractivity contribution in [2.24, 2.45) is 10.4 Å². The third kappa shape index (κ3) is 3.23. The Hall–Kier alpha value is -0.740. The SMILES string of the molecule is CCC1(CC)CN=C(Nc2c(F)cccc2Cl)SC1. The number of nitrogens with one attached hydrogen (secondary N) is 1. The maximum Gasteiger partial charge on any atom is 0.161 e. The first-order chi connectivity index (χ1) is 9.10. The molecule has 0 aromatic heterocycles. The fourth-order valence-electron chi connectivity index (χ4n) is 2.03. The molecule has 0 saturated heterocycles. The van der Waals surface area contributed by atoms with Crippen molar-refractivity contribution < 1.29 is 4.39 Å². The molecule has 104 valence electrons. The summed E-state index contributed by atoms with van der Waals surface area (Å²) in [5, 5.41) is 4.14. The second-order valence-electron chi connectivity index (χ2n) is 4.84. The summed E-state index contributed by atoms with van der Waals surface area (Å²) in [6.07, 6.45) is 2.24. The lowest BCUT2D eigenvalue weighted by Crippen LogP contribution is -2.32. The van der Waals surface area contributed by atoms with Crippen molar-refractivity contribution in [3.63, 3.8) is 0 Å². The van der Waals surface area contributed by atoms with Gasteiger partial charge in [-0.1, -0.05) is 43.3 Å². The standard InChI is InChI=1S/C14H18ClFN2S/c1-3-14(4-2)8-17-13(19-9-14)18-12-10(15)6-5-7-11(12)16/h5-7H,3-4,8-9H2,1-2H3,(H,17,18).